The van der Waals surface area contributed by atoms with Crippen LogP contribution in [0, 0.1) is 12.1 Å². The van der Waals surface area contributed by atoms with Crippen LogP contribution >= 0.6 is 0 Å². The fourth-order valence-corrected chi connectivity index (χ4v) is 8.00. The Morgan fingerprint density at radius 3 is 1.82 bits per heavy atom. The van der Waals surface area contributed by atoms with Gasteiger partial charge in [-0.3, -0.25) is 4.98 Å². The van der Waals surface area contributed by atoms with Gasteiger partial charge in [-0.15, -0.1) is 29.7 Å². The summed E-state index contributed by atoms with van der Waals surface area (Å²) in [5.41, 5.74) is 10.6. The Balaban J connectivity index is 0.00000384. The maximum atomic E-state index is 6.62. The molecule has 4 aromatic heterocycles. The smallest absolute Gasteiger partial charge is 0.503 e. The average Bonchev–Trinajstić information content (AvgIpc) is 3.85. The van der Waals surface area contributed by atoms with Crippen LogP contribution < -0.4 is 4.74 Å². The van der Waals surface area contributed by atoms with Crippen LogP contribution in [-0.4, -0.2) is 18.9 Å². The van der Waals surface area contributed by atoms with E-state index in [9.17, 15) is 0 Å². The summed E-state index contributed by atoms with van der Waals surface area (Å²) in [6.45, 7) is 0. The molecule has 56 heavy (non-hydrogen) atoms. The van der Waals surface area contributed by atoms with Gasteiger partial charge in [0.25, 0.3) is 0 Å². The monoisotopic (exact) mass is 897 g/mol. The summed E-state index contributed by atoms with van der Waals surface area (Å²) in [5, 5.41) is 5.25. The summed E-state index contributed by atoms with van der Waals surface area (Å²) >= 11 is 0. The van der Waals surface area contributed by atoms with Gasteiger partial charge in [0.1, 0.15) is 5.82 Å². The van der Waals surface area contributed by atoms with E-state index >= 15 is 0 Å². The van der Waals surface area contributed by atoms with Crippen molar-refractivity contribution in [1.82, 2.24) is 18.9 Å². The van der Waals surface area contributed by atoms with Crippen molar-refractivity contribution in [2.45, 2.75) is 0 Å². The summed E-state index contributed by atoms with van der Waals surface area (Å²) in [7, 11) is 0. The number of ether oxygens (including phenoxy) is 1. The minimum atomic E-state index is 0. The predicted octanol–water partition coefficient (Wildman–Crippen LogP) is 12.5. The molecule has 0 atom stereocenters. The number of para-hydroxylation sites is 1. The Morgan fingerprint density at radius 1 is 0.482 bits per heavy atom. The molecule has 11 aromatic rings. The molecule has 0 unspecified atom stereocenters. The standard InChI is InChI=1S/C50H30N4O.Pt/c1-4-14-33(15-5-1)41-30-43-38-25-23-36(55-37-24-26-40-39-20-10-11-21-45(39)53(46(40)29-37)49-22-12-13-27-51-49)28-44(38)50-52-32-48(35-18-8-3-9-19-35)54(50)47(43)31-42(41)34-16-6-2-7-17-34;/h1-27,30-32H;/q-2;+2. The zero-order valence-corrected chi connectivity index (χ0v) is 32.1. The number of imidazole rings is 1. The van der Waals surface area contributed by atoms with Crippen LogP contribution in [0.25, 0.3) is 88.5 Å². The second kappa shape index (κ2) is 13.8. The minimum absolute atomic E-state index is 0. The van der Waals surface area contributed by atoms with Crippen molar-refractivity contribution in [3.8, 4) is 50.8 Å². The molecular formula is C50H30N4OPt. The third kappa shape index (κ3) is 5.51. The molecule has 4 heterocycles. The zero-order valence-electron chi connectivity index (χ0n) is 29.8. The second-order valence-corrected chi connectivity index (χ2v) is 13.7. The molecule has 0 spiro atoms. The first-order valence-electron chi connectivity index (χ1n) is 18.3. The van der Waals surface area contributed by atoms with Crippen LogP contribution in [0.1, 0.15) is 0 Å². The summed E-state index contributed by atoms with van der Waals surface area (Å²) in [4.78, 5) is 9.75. The van der Waals surface area contributed by atoms with Gasteiger partial charge in [-0.1, -0.05) is 144 Å². The van der Waals surface area contributed by atoms with Gasteiger partial charge in [0.15, 0.2) is 0 Å². The maximum absolute atomic E-state index is 6.62. The van der Waals surface area contributed by atoms with Gasteiger partial charge in [-0.2, -0.15) is 6.07 Å². The van der Waals surface area contributed by atoms with E-state index in [0.717, 1.165) is 88.5 Å². The fourth-order valence-electron chi connectivity index (χ4n) is 8.00. The maximum Gasteiger partial charge on any atom is 2.00 e. The van der Waals surface area contributed by atoms with Gasteiger partial charge in [-0.05, 0) is 62.9 Å². The summed E-state index contributed by atoms with van der Waals surface area (Å²) in [5.74, 6) is 2.00. The SMILES string of the molecule is [Pt+2].[c-]1c(Oc2[c-]c3c(cc2)c2ccccc2n3-c2ccccn2)ccc2c1c1ncc(-c3ccccc3)n1c1cc(-c3ccccc3)c(-c3ccccc3)cc21. The Hall–Kier alpha value is -6.81. The van der Waals surface area contributed by atoms with Gasteiger partial charge in [-0.25, -0.2) is 4.98 Å². The van der Waals surface area contributed by atoms with Crippen LogP contribution in [0.5, 0.6) is 11.5 Å². The molecule has 0 aliphatic rings. The van der Waals surface area contributed by atoms with E-state index in [1.807, 2.05) is 48.8 Å². The number of benzene rings is 7. The minimum Gasteiger partial charge on any atom is -0.503 e. The second-order valence-electron chi connectivity index (χ2n) is 13.7. The molecule has 0 fully saturated rings. The molecule has 0 saturated heterocycles. The molecule has 6 heteroatoms. The molecule has 5 nitrogen and oxygen atoms in total. The number of pyridine rings is 2. The Morgan fingerprint density at radius 2 is 1.11 bits per heavy atom. The third-order valence-corrected chi connectivity index (χ3v) is 10.5. The first kappa shape index (κ1) is 33.7. The number of nitrogens with zero attached hydrogens (tertiary/aromatic N) is 4. The molecule has 7 aromatic carbocycles. The van der Waals surface area contributed by atoms with E-state index in [2.05, 4.69) is 160 Å². The molecule has 0 saturated carbocycles. The molecular weight excluding hydrogens is 868 g/mol. The quantitative estimate of drug-likeness (QED) is 0.123. The molecule has 11 rings (SSSR count). The molecule has 0 aliphatic heterocycles. The number of rotatable bonds is 6. The van der Waals surface area contributed by atoms with Gasteiger partial charge in [0, 0.05) is 34.9 Å². The first-order chi connectivity index (χ1) is 27.3. The van der Waals surface area contributed by atoms with E-state index in [-0.39, 0.29) is 21.1 Å². The normalized spacial score (nSPS) is 11.4. The Bertz CT molecular complexity index is 3210. The summed E-state index contributed by atoms with van der Waals surface area (Å²) in [6, 6.07) is 66.1. The third-order valence-electron chi connectivity index (χ3n) is 10.5. The zero-order chi connectivity index (χ0) is 36.3. The summed E-state index contributed by atoms with van der Waals surface area (Å²) < 4.78 is 11.0. The molecule has 266 valence electrons. The van der Waals surface area contributed by atoms with E-state index in [1.165, 1.54) is 0 Å². The van der Waals surface area contributed by atoms with Crippen molar-refractivity contribution in [2.24, 2.45) is 0 Å². The molecule has 0 aliphatic carbocycles. The number of aromatic nitrogens is 4. The van der Waals surface area contributed by atoms with Gasteiger partial charge < -0.3 is 13.7 Å². The van der Waals surface area contributed by atoms with Gasteiger partial charge in [0.2, 0.25) is 0 Å². The van der Waals surface area contributed by atoms with Crippen LogP contribution in [0.15, 0.2) is 182 Å². The van der Waals surface area contributed by atoms with Crippen LogP contribution in [-0.2, 0) is 21.1 Å². The topological polar surface area (TPSA) is 44.3 Å². The molecule has 0 N–H and O–H groups in total. The van der Waals surface area contributed by atoms with Gasteiger partial charge >= 0.3 is 21.1 Å². The van der Waals surface area contributed by atoms with Crippen molar-refractivity contribution in [1.29, 1.82) is 0 Å². The van der Waals surface area contributed by atoms with Crippen molar-refractivity contribution in [2.75, 3.05) is 0 Å². The van der Waals surface area contributed by atoms with E-state index in [1.54, 1.807) is 0 Å². The van der Waals surface area contributed by atoms with Crippen LogP contribution in [0.4, 0.5) is 0 Å². The Labute approximate surface area is 337 Å². The van der Waals surface area contributed by atoms with E-state index < -0.39 is 0 Å². The Kier molecular flexibility index (Phi) is 8.31. The fraction of sp³-hybridized carbons (Fsp3) is 0. The molecule has 0 bridgehead atoms. The van der Waals surface area contributed by atoms with Crippen molar-refractivity contribution < 1.29 is 25.8 Å². The van der Waals surface area contributed by atoms with Crippen molar-refractivity contribution >= 4 is 49.1 Å². The average molecular weight is 898 g/mol. The van der Waals surface area contributed by atoms with Gasteiger partial charge in [0.05, 0.1) is 11.3 Å². The van der Waals surface area contributed by atoms with Crippen LogP contribution in [0.2, 0.25) is 0 Å². The summed E-state index contributed by atoms with van der Waals surface area (Å²) in [6.07, 6.45) is 3.78. The van der Waals surface area contributed by atoms with E-state index in [0.29, 0.717) is 11.5 Å². The molecule has 0 amide bonds. The van der Waals surface area contributed by atoms with Crippen molar-refractivity contribution in [3.63, 3.8) is 0 Å². The number of hydrogen-bond donors (Lipinski definition) is 0. The van der Waals surface area contributed by atoms with Crippen LogP contribution in [0.3, 0.4) is 0 Å². The number of fused-ring (bicyclic) bond motifs is 9. The van der Waals surface area contributed by atoms with Crippen molar-refractivity contribution in [3.05, 3.63) is 194 Å². The van der Waals surface area contributed by atoms with E-state index in [4.69, 9.17) is 9.72 Å². The number of hydrogen-bond acceptors (Lipinski definition) is 3. The molecule has 0 radical (unpaired) electrons. The first-order valence-corrected chi connectivity index (χ1v) is 18.3. The largest absolute Gasteiger partial charge is 2.00 e. The predicted molar refractivity (Wildman–Crippen MR) is 223 cm³/mol.